The van der Waals surface area contributed by atoms with E-state index in [1.807, 2.05) is 91.0 Å². The van der Waals surface area contributed by atoms with Gasteiger partial charge in [-0.3, -0.25) is 5.43 Å². The molecule has 5 rings (SSSR count). The van der Waals surface area contributed by atoms with Gasteiger partial charge in [-0.25, -0.2) is 4.98 Å². The molecule has 0 atom stereocenters. The second kappa shape index (κ2) is 11.4. The number of ether oxygens (including phenoxy) is 1. The first-order chi connectivity index (χ1) is 17.7. The van der Waals surface area contributed by atoms with Crippen molar-refractivity contribution in [2.24, 2.45) is 5.10 Å². The van der Waals surface area contributed by atoms with E-state index in [9.17, 15) is 0 Å². The molecule has 0 amide bonds. The van der Waals surface area contributed by atoms with Crippen LogP contribution in [0, 0.1) is 0 Å². The first kappa shape index (κ1) is 24.1. The molecule has 4 nitrogen and oxygen atoms in total. The third-order valence-electron chi connectivity index (χ3n) is 5.39. The summed E-state index contributed by atoms with van der Waals surface area (Å²) in [5.74, 6) is 0.764. The molecular weight excluding hydrogens is 509 g/mol. The van der Waals surface area contributed by atoms with Crippen molar-refractivity contribution in [1.29, 1.82) is 0 Å². The van der Waals surface area contributed by atoms with Gasteiger partial charge in [0, 0.05) is 21.2 Å². The molecule has 0 spiro atoms. The van der Waals surface area contributed by atoms with Gasteiger partial charge in [-0.05, 0) is 53.6 Å². The van der Waals surface area contributed by atoms with Crippen molar-refractivity contribution in [3.8, 4) is 27.4 Å². The van der Waals surface area contributed by atoms with Crippen molar-refractivity contribution in [1.82, 2.24) is 4.98 Å². The highest BCUT2D eigenvalue weighted by atomic mass is 35.5. The van der Waals surface area contributed by atoms with Crippen molar-refractivity contribution >= 4 is 45.9 Å². The summed E-state index contributed by atoms with van der Waals surface area (Å²) in [4.78, 5) is 5.88. The summed E-state index contributed by atoms with van der Waals surface area (Å²) in [5.41, 5.74) is 7.95. The Labute approximate surface area is 223 Å². The molecule has 1 heterocycles. The van der Waals surface area contributed by atoms with Crippen LogP contribution in [0.3, 0.4) is 0 Å². The molecule has 0 saturated carbocycles. The molecule has 0 aliphatic rings. The van der Waals surface area contributed by atoms with E-state index in [1.54, 1.807) is 17.6 Å². The van der Waals surface area contributed by atoms with Crippen LogP contribution in [-0.4, -0.2) is 11.2 Å². The number of aromatic nitrogens is 1. The molecule has 0 aliphatic carbocycles. The molecule has 0 bridgehead atoms. The fourth-order valence-corrected chi connectivity index (χ4v) is 4.80. The molecule has 178 valence electrons. The van der Waals surface area contributed by atoms with Crippen molar-refractivity contribution < 1.29 is 4.74 Å². The summed E-state index contributed by atoms with van der Waals surface area (Å²) in [6.45, 7) is 0.415. The first-order valence-corrected chi connectivity index (χ1v) is 12.8. The minimum Gasteiger partial charge on any atom is -0.489 e. The molecule has 0 radical (unpaired) electrons. The lowest BCUT2D eigenvalue weighted by atomic mass is 10.1. The lowest BCUT2D eigenvalue weighted by Crippen LogP contribution is -1.96. The lowest BCUT2D eigenvalue weighted by molar-refractivity contribution is 0.306. The fourth-order valence-electron chi connectivity index (χ4n) is 3.55. The van der Waals surface area contributed by atoms with E-state index in [2.05, 4.69) is 22.7 Å². The number of hydrogen-bond donors (Lipinski definition) is 1. The molecule has 1 N–H and O–H groups in total. The van der Waals surface area contributed by atoms with Gasteiger partial charge in [0.1, 0.15) is 12.4 Å². The Morgan fingerprint density at radius 2 is 1.53 bits per heavy atom. The average molecular weight is 530 g/mol. The molecule has 0 saturated heterocycles. The molecule has 4 aromatic carbocycles. The highest BCUT2D eigenvalue weighted by Gasteiger charge is 2.14. The van der Waals surface area contributed by atoms with Crippen molar-refractivity contribution in [2.45, 2.75) is 6.61 Å². The van der Waals surface area contributed by atoms with Gasteiger partial charge < -0.3 is 4.74 Å². The van der Waals surface area contributed by atoms with Gasteiger partial charge in [-0.15, -0.1) is 0 Å². The van der Waals surface area contributed by atoms with Crippen LogP contribution >= 0.6 is 34.5 Å². The summed E-state index contributed by atoms with van der Waals surface area (Å²) in [6, 6.07) is 33.3. The molecule has 7 heteroatoms. The predicted octanol–water partition coefficient (Wildman–Crippen LogP) is 8.81. The third kappa shape index (κ3) is 5.94. The van der Waals surface area contributed by atoms with E-state index < -0.39 is 0 Å². The molecule has 0 aliphatic heterocycles. The molecule has 0 unspecified atom stereocenters. The van der Waals surface area contributed by atoms with E-state index >= 15 is 0 Å². The van der Waals surface area contributed by atoms with Crippen LogP contribution in [0.1, 0.15) is 11.1 Å². The summed E-state index contributed by atoms with van der Waals surface area (Å²) < 4.78 is 5.85. The van der Waals surface area contributed by atoms with Crippen molar-refractivity contribution in [3.63, 3.8) is 0 Å². The summed E-state index contributed by atoms with van der Waals surface area (Å²) in [7, 11) is 0. The van der Waals surface area contributed by atoms with E-state index in [0.717, 1.165) is 38.6 Å². The van der Waals surface area contributed by atoms with E-state index in [1.165, 1.54) is 0 Å². The van der Waals surface area contributed by atoms with E-state index in [-0.39, 0.29) is 0 Å². The Morgan fingerprint density at radius 3 is 2.28 bits per heavy atom. The minimum atomic E-state index is 0.415. The summed E-state index contributed by atoms with van der Waals surface area (Å²) in [5, 5.41) is 6.49. The van der Waals surface area contributed by atoms with Gasteiger partial charge in [-0.2, -0.15) is 5.10 Å². The van der Waals surface area contributed by atoms with Crippen LogP contribution in [0.2, 0.25) is 10.0 Å². The Bertz CT molecular complexity index is 1470. The average Bonchev–Trinajstić information content (AvgIpc) is 3.34. The fraction of sp³-hybridized carbons (Fsp3) is 0.0345. The van der Waals surface area contributed by atoms with Crippen LogP contribution in [-0.2, 0) is 6.61 Å². The van der Waals surface area contributed by atoms with Crippen LogP contribution in [0.4, 0.5) is 5.13 Å². The maximum atomic E-state index is 6.20. The molecule has 5 aromatic rings. The minimum absolute atomic E-state index is 0.415. The Hall–Kier alpha value is -3.64. The van der Waals surface area contributed by atoms with Crippen LogP contribution in [0.25, 0.3) is 21.7 Å². The second-order valence-corrected chi connectivity index (χ2v) is 9.73. The van der Waals surface area contributed by atoms with Crippen molar-refractivity contribution in [2.75, 3.05) is 5.43 Å². The molecule has 36 heavy (non-hydrogen) atoms. The number of thiazole rings is 1. The first-order valence-electron chi connectivity index (χ1n) is 11.2. The Kier molecular flexibility index (Phi) is 7.62. The zero-order valence-corrected chi connectivity index (χ0v) is 21.4. The zero-order chi connectivity index (χ0) is 24.7. The third-order valence-corrected chi connectivity index (χ3v) is 7.02. The quantitative estimate of drug-likeness (QED) is 0.161. The molecular formula is C29H21Cl2N3OS. The van der Waals surface area contributed by atoms with Crippen LogP contribution in [0.15, 0.2) is 108 Å². The largest absolute Gasteiger partial charge is 0.489 e. The maximum absolute atomic E-state index is 6.20. The molecule has 1 aromatic heterocycles. The van der Waals surface area contributed by atoms with Crippen molar-refractivity contribution in [3.05, 3.63) is 124 Å². The number of nitrogens with one attached hydrogen (secondary N) is 1. The zero-order valence-electron chi connectivity index (χ0n) is 19.1. The van der Waals surface area contributed by atoms with Gasteiger partial charge in [0.25, 0.3) is 0 Å². The number of hydrogen-bond acceptors (Lipinski definition) is 5. The highest BCUT2D eigenvalue weighted by molar-refractivity contribution is 7.19. The highest BCUT2D eigenvalue weighted by Crippen LogP contribution is 2.39. The maximum Gasteiger partial charge on any atom is 0.204 e. The number of halogens is 2. The topological polar surface area (TPSA) is 46.5 Å². The predicted molar refractivity (Wildman–Crippen MR) is 151 cm³/mol. The smallest absolute Gasteiger partial charge is 0.204 e. The Morgan fingerprint density at radius 1 is 0.806 bits per heavy atom. The Balaban J connectivity index is 1.28. The second-order valence-electron chi connectivity index (χ2n) is 7.89. The number of anilines is 1. The van der Waals surface area contributed by atoms with E-state index in [4.69, 9.17) is 32.9 Å². The van der Waals surface area contributed by atoms with Crippen LogP contribution < -0.4 is 10.2 Å². The summed E-state index contributed by atoms with van der Waals surface area (Å²) in [6.07, 6.45) is 1.75. The van der Waals surface area contributed by atoms with Gasteiger partial charge in [0.05, 0.1) is 16.8 Å². The lowest BCUT2D eigenvalue weighted by Gasteiger charge is -2.07. The summed E-state index contributed by atoms with van der Waals surface area (Å²) >= 11 is 13.8. The normalized spacial score (nSPS) is 11.1. The van der Waals surface area contributed by atoms with E-state index in [0.29, 0.717) is 21.8 Å². The number of hydrazone groups is 1. The number of nitrogens with zero attached hydrogens (tertiary/aromatic N) is 2. The SMILES string of the molecule is Clc1ccc(-c2nc(NN=Cc3ccc(OCc4ccccc4Cl)cc3)sc2-c2ccccc2)cc1. The van der Waals surface area contributed by atoms with Gasteiger partial charge in [0.15, 0.2) is 0 Å². The standard InChI is InChI=1S/C29H21Cl2N3OS/c30-24-14-12-21(13-15-24)27-28(22-6-2-1-3-7-22)36-29(33-27)34-32-18-20-10-16-25(17-11-20)35-19-23-8-4-5-9-26(23)31/h1-18H,19H2,(H,33,34). The van der Waals surface area contributed by atoms with Gasteiger partial charge in [0.2, 0.25) is 5.13 Å². The van der Waals surface area contributed by atoms with Gasteiger partial charge in [-0.1, -0.05) is 95.2 Å². The molecule has 0 fully saturated rings. The monoisotopic (exact) mass is 529 g/mol. The van der Waals surface area contributed by atoms with Crippen LogP contribution in [0.5, 0.6) is 5.75 Å². The number of rotatable bonds is 8. The number of benzene rings is 4. The van der Waals surface area contributed by atoms with Gasteiger partial charge >= 0.3 is 0 Å².